The first-order valence-electron chi connectivity index (χ1n) is 10.7. The molecule has 0 saturated carbocycles. The van der Waals surface area contributed by atoms with E-state index in [0.717, 1.165) is 7.11 Å². The third-order valence-corrected chi connectivity index (χ3v) is 7.17. The standard InChI is InChI=1S/C25H21NO7/c1-11-9-18(28)21-16(22(11)29)10-15-12(19(21)13-5-3-4-6-17(13)27)7-8-14-20(15)24(31)26(23(14)30)25(32)33-2/h3-7,9,14-15,19-20,27H,8,10H2,1-2H3. The van der Waals surface area contributed by atoms with E-state index in [2.05, 4.69) is 4.74 Å². The fraction of sp³-hybridized carbons (Fsp3) is 0.320. The van der Waals surface area contributed by atoms with Gasteiger partial charge in [-0.1, -0.05) is 29.8 Å². The van der Waals surface area contributed by atoms with Crippen molar-refractivity contribution < 1.29 is 33.8 Å². The van der Waals surface area contributed by atoms with Crippen molar-refractivity contribution in [1.82, 2.24) is 4.90 Å². The Hall–Kier alpha value is -3.81. The van der Waals surface area contributed by atoms with Crippen molar-refractivity contribution in [2.75, 3.05) is 7.11 Å². The minimum atomic E-state index is -1.03. The van der Waals surface area contributed by atoms with Gasteiger partial charge in [0.05, 0.1) is 18.9 Å². The van der Waals surface area contributed by atoms with Gasteiger partial charge in [0, 0.05) is 28.2 Å². The van der Waals surface area contributed by atoms with Crippen molar-refractivity contribution in [1.29, 1.82) is 0 Å². The summed E-state index contributed by atoms with van der Waals surface area (Å²) in [4.78, 5) is 65.0. The topological polar surface area (TPSA) is 118 Å². The zero-order chi connectivity index (χ0) is 23.6. The summed E-state index contributed by atoms with van der Waals surface area (Å²) in [5, 5.41) is 10.6. The van der Waals surface area contributed by atoms with Crippen LogP contribution in [0.3, 0.4) is 0 Å². The minimum Gasteiger partial charge on any atom is -0.508 e. The molecular weight excluding hydrogens is 426 g/mol. The number of rotatable bonds is 1. The molecule has 4 unspecified atom stereocenters. The number of ether oxygens (including phenoxy) is 1. The van der Waals surface area contributed by atoms with E-state index in [0.29, 0.717) is 32.8 Å². The number of nitrogens with zero attached hydrogens (tertiary/aromatic N) is 1. The molecule has 8 heteroatoms. The van der Waals surface area contributed by atoms with E-state index in [1.165, 1.54) is 12.1 Å². The first-order chi connectivity index (χ1) is 15.8. The predicted molar refractivity (Wildman–Crippen MR) is 114 cm³/mol. The summed E-state index contributed by atoms with van der Waals surface area (Å²) >= 11 is 0. The molecule has 4 atom stereocenters. The van der Waals surface area contributed by atoms with Crippen LogP contribution in [0.5, 0.6) is 5.75 Å². The van der Waals surface area contributed by atoms with E-state index in [4.69, 9.17) is 0 Å². The van der Waals surface area contributed by atoms with Gasteiger partial charge in [-0.15, -0.1) is 0 Å². The Morgan fingerprint density at radius 1 is 1.09 bits per heavy atom. The Balaban J connectivity index is 1.69. The van der Waals surface area contributed by atoms with E-state index in [-0.39, 0.29) is 30.2 Å². The number of para-hydroxylation sites is 1. The number of ketones is 2. The third-order valence-electron chi connectivity index (χ3n) is 7.17. The molecular formula is C25H21NO7. The molecule has 4 aliphatic rings. The van der Waals surface area contributed by atoms with Crippen LogP contribution in [0.15, 0.2) is 58.7 Å². The Kier molecular flexibility index (Phi) is 4.70. The highest BCUT2D eigenvalue weighted by molar-refractivity contribution is 6.24. The van der Waals surface area contributed by atoms with Crippen molar-refractivity contribution >= 4 is 29.5 Å². The molecule has 1 saturated heterocycles. The molecule has 8 nitrogen and oxygen atoms in total. The Morgan fingerprint density at radius 2 is 1.82 bits per heavy atom. The van der Waals surface area contributed by atoms with Crippen molar-refractivity contribution in [3.8, 4) is 5.75 Å². The molecule has 0 bridgehead atoms. The second-order valence-corrected chi connectivity index (χ2v) is 8.77. The first-order valence-corrected chi connectivity index (χ1v) is 10.7. The quantitative estimate of drug-likeness (QED) is 0.399. The lowest BCUT2D eigenvalue weighted by Gasteiger charge is -2.42. The van der Waals surface area contributed by atoms with Gasteiger partial charge in [-0.25, -0.2) is 4.79 Å². The molecule has 0 spiro atoms. The van der Waals surface area contributed by atoms with Crippen LogP contribution in [0.25, 0.3) is 0 Å². The number of carbonyl (C=O) groups excluding carboxylic acids is 5. The number of hydrogen-bond donors (Lipinski definition) is 1. The van der Waals surface area contributed by atoms with E-state index < -0.39 is 41.6 Å². The van der Waals surface area contributed by atoms with Gasteiger partial charge >= 0.3 is 6.09 Å². The average Bonchev–Trinajstić information content (AvgIpc) is 3.06. The van der Waals surface area contributed by atoms with Crippen LogP contribution in [0, 0.1) is 17.8 Å². The fourth-order valence-electron chi connectivity index (χ4n) is 5.74. The number of phenols is 1. The molecule has 3 amide bonds. The second-order valence-electron chi connectivity index (χ2n) is 8.77. The fourth-order valence-corrected chi connectivity index (χ4v) is 5.74. The van der Waals surface area contributed by atoms with Gasteiger partial charge in [0.1, 0.15) is 5.75 Å². The minimum absolute atomic E-state index is 0.0328. The molecule has 0 aromatic heterocycles. The molecule has 1 aromatic rings. The number of aromatic hydroxyl groups is 1. The van der Waals surface area contributed by atoms with Gasteiger partial charge in [0.15, 0.2) is 11.6 Å². The van der Waals surface area contributed by atoms with Gasteiger partial charge in [0.25, 0.3) is 0 Å². The van der Waals surface area contributed by atoms with Crippen LogP contribution in [0.1, 0.15) is 31.2 Å². The molecule has 1 N–H and O–H groups in total. The highest BCUT2D eigenvalue weighted by atomic mass is 16.5. The molecule has 3 aliphatic carbocycles. The zero-order valence-corrected chi connectivity index (χ0v) is 18.0. The summed E-state index contributed by atoms with van der Waals surface area (Å²) in [6.45, 7) is 1.57. The van der Waals surface area contributed by atoms with E-state index in [9.17, 15) is 29.1 Å². The van der Waals surface area contributed by atoms with Crippen molar-refractivity contribution in [3.05, 3.63) is 64.3 Å². The number of likely N-dealkylation sites (tertiary alicyclic amines) is 1. The number of hydrogen-bond acceptors (Lipinski definition) is 7. The van der Waals surface area contributed by atoms with Crippen LogP contribution in [0.2, 0.25) is 0 Å². The third kappa shape index (κ3) is 2.86. The number of carbonyl (C=O) groups is 5. The summed E-state index contributed by atoms with van der Waals surface area (Å²) in [7, 11) is 1.10. The lowest BCUT2D eigenvalue weighted by atomic mass is 9.59. The summed E-state index contributed by atoms with van der Waals surface area (Å²) < 4.78 is 4.63. The highest BCUT2D eigenvalue weighted by Gasteiger charge is 2.58. The van der Waals surface area contributed by atoms with Crippen LogP contribution in [0.4, 0.5) is 4.79 Å². The molecule has 1 fully saturated rings. The first kappa shape index (κ1) is 21.1. The van der Waals surface area contributed by atoms with Crippen LogP contribution in [-0.4, -0.2) is 46.6 Å². The van der Waals surface area contributed by atoms with Crippen molar-refractivity contribution in [3.63, 3.8) is 0 Å². The predicted octanol–water partition coefficient (Wildman–Crippen LogP) is 2.59. The lowest BCUT2D eigenvalue weighted by Crippen LogP contribution is -2.40. The summed E-state index contributed by atoms with van der Waals surface area (Å²) in [6, 6.07) is 6.58. The maximum absolute atomic E-state index is 13.2. The van der Waals surface area contributed by atoms with Crippen LogP contribution in [-0.2, 0) is 23.9 Å². The van der Waals surface area contributed by atoms with E-state index >= 15 is 0 Å². The Bertz CT molecular complexity index is 1250. The number of allylic oxidation sites excluding steroid dienone is 6. The average molecular weight is 447 g/mol. The molecule has 168 valence electrons. The lowest BCUT2D eigenvalue weighted by molar-refractivity contribution is -0.137. The van der Waals surface area contributed by atoms with Crippen molar-refractivity contribution in [2.45, 2.75) is 25.7 Å². The van der Waals surface area contributed by atoms with Crippen LogP contribution >= 0.6 is 0 Å². The SMILES string of the molecule is COC(=O)N1C(=O)C2CC=C3C(c4ccccc4O)C4=C(CC3C2C1=O)C(=O)C(C)=CC4=O. The summed E-state index contributed by atoms with van der Waals surface area (Å²) in [5.41, 5.74) is 2.07. The van der Waals surface area contributed by atoms with Crippen molar-refractivity contribution in [2.24, 2.45) is 17.8 Å². The van der Waals surface area contributed by atoms with Crippen LogP contribution < -0.4 is 0 Å². The van der Waals surface area contributed by atoms with Gasteiger partial charge < -0.3 is 9.84 Å². The van der Waals surface area contributed by atoms with Gasteiger partial charge in [-0.05, 0) is 37.8 Å². The summed E-state index contributed by atoms with van der Waals surface area (Å²) in [6.07, 6.45) is 2.41. The largest absolute Gasteiger partial charge is 0.508 e. The normalized spacial score (nSPS) is 28.7. The highest BCUT2D eigenvalue weighted by Crippen LogP contribution is 2.55. The number of Topliss-reactive ketones (excluding diaryl/α,β-unsaturated/α-hetero) is 1. The molecule has 1 heterocycles. The Morgan fingerprint density at radius 3 is 2.52 bits per heavy atom. The number of methoxy groups -OCH3 is 1. The van der Waals surface area contributed by atoms with Gasteiger partial charge in [-0.3, -0.25) is 19.2 Å². The van der Waals surface area contributed by atoms with E-state index in [1.807, 2.05) is 6.08 Å². The molecule has 33 heavy (non-hydrogen) atoms. The van der Waals surface area contributed by atoms with Gasteiger partial charge in [0.2, 0.25) is 11.8 Å². The van der Waals surface area contributed by atoms with E-state index in [1.54, 1.807) is 25.1 Å². The molecule has 0 radical (unpaired) electrons. The maximum atomic E-state index is 13.2. The number of benzene rings is 1. The molecule has 1 aromatic carbocycles. The smallest absolute Gasteiger partial charge is 0.423 e. The molecule has 1 aliphatic heterocycles. The molecule has 5 rings (SSSR count). The number of fused-ring (bicyclic) bond motifs is 3. The maximum Gasteiger partial charge on any atom is 0.423 e. The summed E-state index contributed by atoms with van der Waals surface area (Å²) in [5.74, 6) is -4.79. The monoisotopic (exact) mass is 447 g/mol. The number of phenolic OH excluding ortho intramolecular Hbond substituents is 1. The second kappa shape index (κ2) is 7.37. The van der Waals surface area contributed by atoms with Gasteiger partial charge in [-0.2, -0.15) is 4.90 Å². The zero-order valence-electron chi connectivity index (χ0n) is 18.0. The number of amides is 3. The number of imide groups is 3. The Labute approximate surface area is 189 Å².